The first-order chi connectivity index (χ1) is 18.3. The zero-order chi connectivity index (χ0) is 26.0. The number of fused-ring (bicyclic) bond motifs is 1. The molecule has 200 valence electrons. The van der Waals surface area contributed by atoms with Crippen LogP contribution < -0.4 is 10.3 Å². The van der Waals surface area contributed by atoms with Crippen LogP contribution in [0.25, 0.3) is 10.8 Å². The van der Waals surface area contributed by atoms with Crippen LogP contribution >= 0.6 is 0 Å². The lowest BCUT2D eigenvalue weighted by molar-refractivity contribution is -0.697. The van der Waals surface area contributed by atoms with Gasteiger partial charge in [0.25, 0.3) is 0 Å². The number of rotatable bonds is 19. The monoisotopic (exact) mass is 501 g/mol. The van der Waals surface area contributed by atoms with Gasteiger partial charge in [-0.05, 0) is 18.6 Å². The van der Waals surface area contributed by atoms with Gasteiger partial charge in [-0.3, -0.25) is 0 Å². The van der Waals surface area contributed by atoms with Crippen LogP contribution in [-0.4, -0.2) is 0 Å². The van der Waals surface area contributed by atoms with Crippen molar-refractivity contribution in [2.45, 2.75) is 116 Å². The molecule has 0 radical (unpaired) electrons. The van der Waals surface area contributed by atoms with Crippen LogP contribution in [0.2, 0.25) is 0 Å². The molecular formula is C33H49N4+. The Bertz CT molecular complexity index is 1040. The number of pyridine rings is 1. The van der Waals surface area contributed by atoms with Crippen LogP contribution in [0.1, 0.15) is 110 Å². The van der Waals surface area contributed by atoms with E-state index in [1.165, 1.54) is 103 Å². The molecule has 0 aliphatic carbocycles. The first-order valence-electron chi connectivity index (χ1n) is 15.0. The van der Waals surface area contributed by atoms with E-state index in [2.05, 4.69) is 34.1 Å². The Morgan fingerprint density at radius 2 is 1.08 bits per heavy atom. The van der Waals surface area contributed by atoms with Crippen molar-refractivity contribution in [3.63, 3.8) is 0 Å². The van der Waals surface area contributed by atoms with Crippen molar-refractivity contribution in [3.05, 3.63) is 60.9 Å². The van der Waals surface area contributed by atoms with E-state index in [0.29, 0.717) is 0 Å². The molecule has 4 nitrogen and oxygen atoms in total. The Labute approximate surface area is 225 Å². The number of nitrogens with zero attached hydrogens (tertiary/aromatic N) is 3. The van der Waals surface area contributed by atoms with Gasteiger partial charge in [-0.15, -0.1) is 5.11 Å². The average molecular weight is 502 g/mol. The second kappa shape index (κ2) is 17.7. The van der Waals surface area contributed by atoms with Gasteiger partial charge in [0.15, 0.2) is 12.4 Å². The van der Waals surface area contributed by atoms with Crippen LogP contribution in [0.5, 0.6) is 0 Å². The highest BCUT2D eigenvalue weighted by Crippen LogP contribution is 2.31. The van der Waals surface area contributed by atoms with Gasteiger partial charge in [-0.1, -0.05) is 121 Å². The molecule has 0 amide bonds. The molecule has 0 atom stereocenters. The maximum atomic E-state index is 6.09. The second-order valence-electron chi connectivity index (χ2n) is 10.5. The molecule has 0 saturated heterocycles. The quantitative estimate of drug-likeness (QED) is 0.0755. The van der Waals surface area contributed by atoms with Gasteiger partial charge in [-0.2, -0.15) is 5.11 Å². The summed E-state index contributed by atoms with van der Waals surface area (Å²) in [5.74, 6) is 0. The van der Waals surface area contributed by atoms with Crippen molar-refractivity contribution >= 4 is 27.8 Å². The van der Waals surface area contributed by atoms with Gasteiger partial charge in [0.05, 0.1) is 11.4 Å². The Morgan fingerprint density at radius 1 is 0.568 bits per heavy atom. The molecule has 1 aromatic heterocycles. The highest BCUT2D eigenvalue weighted by molar-refractivity contribution is 5.99. The zero-order valence-electron chi connectivity index (χ0n) is 23.2. The molecule has 0 aliphatic heterocycles. The van der Waals surface area contributed by atoms with E-state index in [4.69, 9.17) is 5.73 Å². The summed E-state index contributed by atoms with van der Waals surface area (Å²) in [6.45, 7) is 3.36. The van der Waals surface area contributed by atoms with Crippen molar-refractivity contribution in [2.75, 3.05) is 5.73 Å². The van der Waals surface area contributed by atoms with Crippen molar-refractivity contribution in [3.8, 4) is 0 Å². The first-order valence-corrected chi connectivity index (χ1v) is 15.0. The first kappa shape index (κ1) is 28.8. The molecule has 2 aromatic carbocycles. The van der Waals surface area contributed by atoms with Crippen molar-refractivity contribution < 1.29 is 4.57 Å². The van der Waals surface area contributed by atoms with E-state index in [9.17, 15) is 0 Å². The van der Waals surface area contributed by atoms with Crippen LogP contribution in [0.15, 0.2) is 71.2 Å². The fourth-order valence-corrected chi connectivity index (χ4v) is 5.01. The van der Waals surface area contributed by atoms with Gasteiger partial charge in [0, 0.05) is 35.0 Å². The lowest BCUT2D eigenvalue weighted by atomic mass is 10.0. The number of aryl methyl sites for hydroxylation is 1. The standard InChI is InChI=1S/C33H48N4/c1-2-3-4-5-6-7-8-9-10-11-12-13-14-15-16-19-26-37-27-24-29(25-28-37)35-36-33-23-22-32(34)30-20-17-18-21-31(30)33/h17-18,20-25,27-28,34H,2-16,19,26H2,1H3/p+1. The van der Waals surface area contributed by atoms with E-state index in [1.54, 1.807) is 0 Å². The maximum Gasteiger partial charge on any atom is 0.171 e. The van der Waals surface area contributed by atoms with Crippen LogP contribution in [-0.2, 0) is 6.54 Å². The van der Waals surface area contributed by atoms with Crippen molar-refractivity contribution in [1.82, 2.24) is 0 Å². The molecule has 0 saturated carbocycles. The van der Waals surface area contributed by atoms with Gasteiger partial charge in [0.1, 0.15) is 6.54 Å². The van der Waals surface area contributed by atoms with Crippen molar-refractivity contribution in [2.24, 2.45) is 10.2 Å². The number of hydrogen-bond acceptors (Lipinski definition) is 3. The summed E-state index contributed by atoms with van der Waals surface area (Å²) in [7, 11) is 0. The van der Waals surface area contributed by atoms with Crippen LogP contribution in [0.4, 0.5) is 17.1 Å². The minimum Gasteiger partial charge on any atom is -0.398 e. The molecule has 37 heavy (non-hydrogen) atoms. The maximum absolute atomic E-state index is 6.09. The van der Waals surface area contributed by atoms with Gasteiger partial charge < -0.3 is 5.73 Å². The summed E-state index contributed by atoms with van der Waals surface area (Å²) in [5.41, 5.74) is 8.57. The topological polar surface area (TPSA) is 54.6 Å². The van der Waals surface area contributed by atoms with E-state index in [1.807, 2.05) is 48.5 Å². The third-order valence-electron chi connectivity index (χ3n) is 7.35. The predicted molar refractivity (Wildman–Crippen MR) is 159 cm³/mol. The van der Waals surface area contributed by atoms with Gasteiger partial charge >= 0.3 is 0 Å². The van der Waals surface area contributed by atoms with Crippen LogP contribution in [0, 0.1) is 0 Å². The third kappa shape index (κ3) is 11.0. The highest BCUT2D eigenvalue weighted by atomic mass is 15.1. The Kier molecular flexibility index (Phi) is 13.8. The minimum atomic E-state index is 0.768. The molecule has 0 aliphatic rings. The van der Waals surface area contributed by atoms with Gasteiger partial charge in [0.2, 0.25) is 0 Å². The fraction of sp³-hybridized carbons (Fsp3) is 0.545. The smallest absolute Gasteiger partial charge is 0.171 e. The fourth-order valence-electron chi connectivity index (χ4n) is 5.01. The molecule has 1 heterocycles. The summed E-state index contributed by atoms with van der Waals surface area (Å²) in [5, 5.41) is 11.0. The van der Waals surface area contributed by atoms with E-state index in [-0.39, 0.29) is 0 Å². The van der Waals surface area contributed by atoms with E-state index >= 15 is 0 Å². The number of unbranched alkanes of at least 4 members (excludes halogenated alkanes) is 15. The molecular weight excluding hydrogens is 452 g/mol. The van der Waals surface area contributed by atoms with Crippen molar-refractivity contribution in [1.29, 1.82) is 0 Å². The van der Waals surface area contributed by atoms with E-state index in [0.717, 1.165) is 34.4 Å². The largest absolute Gasteiger partial charge is 0.398 e. The number of benzene rings is 2. The second-order valence-corrected chi connectivity index (χ2v) is 10.5. The molecule has 0 bridgehead atoms. The summed E-state index contributed by atoms with van der Waals surface area (Å²) >= 11 is 0. The normalized spacial score (nSPS) is 11.6. The molecule has 4 heteroatoms. The number of nitrogens with two attached hydrogens (primary N) is 1. The Hall–Kier alpha value is -2.75. The summed E-state index contributed by atoms with van der Waals surface area (Å²) < 4.78 is 2.25. The SMILES string of the molecule is CCCCCCCCCCCCCCCCCC[n+]1ccc(N=Nc2ccc(N)c3ccccc23)cc1. The zero-order valence-corrected chi connectivity index (χ0v) is 23.2. The van der Waals surface area contributed by atoms with Crippen LogP contribution in [0.3, 0.4) is 0 Å². The minimum absolute atomic E-state index is 0.768. The number of azo groups is 1. The average Bonchev–Trinajstić information content (AvgIpc) is 2.93. The molecule has 3 rings (SSSR count). The summed E-state index contributed by atoms with van der Waals surface area (Å²) in [4.78, 5) is 0. The predicted octanol–water partition coefficient (Wildman–Crippen LogP) is 10.4. The number of hydrogen-bond donors (Lipinski definition) is 1. The molecule has 0 unspecified atom stereocenters. The lowest BCUT2D eigenvalue weighted by Gasteiger charge is -2.04. The summed E-state index contributed by atoms with van der Waals surface area (Å²) in [6.07, 6.45) is 26.7. The molecule has 0 spiro atoms. The lowest BCUT2D eigenvalue weighted by Crippen LogP contribution is -2.32. The third-order valence-corrected chi connectivity index (χ3v) is 7.35. The number of nitrogen functional groups attached to an aromatic ring is 1. The Morgan fingerprint density at radius 3 is 1.65 bits per heavy atom. The number of anilines is 1. The van der Waals surface area contributed by atoms with Gasteiger partial charge in [-0.25, -0.2) is 4.57 Å². The molecule has 0 fully saturated rings. The highest BCUT2D eigenvalue weighted by Gasteiger charge is 2.04. The summed E-state index contributed by atoms with van der Waals surface area (Å²) in [6, 6.07) is 16.0. The number of aromatic nitrogens is 1. The molecule has 2 N–H and O–H groups in total. The Balaban J connectivity index is 1.22. The van der Waals surface area contributed by atoms with E-state index < -0.39 is 0 Å². The molecule has 3 aromatic rings.